The molecular formula is C22H21F3N4O2. The molecule has 0 bridgehead atoms. The smallest absolute Gasteiger partial charge is 0.433 e. The third kappa shape index (κ3) is 6.24. The van der Waals surface area contributed by atoms with Crippen LogP contribution in [0.2, 0.25) is 0 Å². The van der Waals surface area contributed by atoms with E-state index < -0.39 is 11.9 Å². The van der Waals surface area contributed by atoms with Crippen LogP contribution in [0.15, 0.2) is 48.8 Å². The number of halogens is 3. The van der Waals surface area contributed by atoms with E-state index in [-0.39, 0.29) is 18.3 Å². The summed E-state index contributed by atoms with van der Waals surface area (Å²) in [6, 6.07) is 10.0. The number of alkyl halides is 3. The van der Waals surface area contributed by atoms with Crippen LogP contribution in [0.5, 0.6) is 0 Å². The van der Waals surface area contributed by atoms with Crippen LogP contribution < -0.4 is 5.32 Å². The van der Waals surface area contributed by atoms with Gasteiger partial charge in [0.25, 0.3) is 0 Å². The van der Waals surface area contributed by atoms with E-state index >= 15 is 0 Å². The van der Waals surface area contributed by atoms with E-state index in [0.717, 1.165) is 34.6 Å². The summed E-state index contributed by atoms with van der Waals surface area (Å²) >= 11 is 0. The van der Waals surface area contributed by atoms with E-state index in [1.54, 1.807) is 25.3 Å². The third-order valence-electron chi connectivity index (χ3n) is 4.32. The molecule has 1 aromatic carbocycles. The monoisotopic (exact) mass is 430 g/mol. The minimum atomic E-state index is -4.55. The maximum Gasteiger partial charge on any atom is 0.433 e. The largest absolute Gasteiger partial charge is 0.466 e. The van der Waals surface area contributed by atoms with Crippen LogP contribution in [0.25, 0.3) is 11.1 Å². The molecule has 162 valence electrons. The van der Waals surface area contributed by atoms with E-state index in [2.05, 4.69) is 20.3 Å². The molecule has 1 N–H and O–H groups in total. The van der Waals surface area contributed by atoms with Crippen LogP contribution >= 0.6 is 0 Å². The van der Waals surface area contributed by atoms with E-state index in [4.69, 9.17) is 4.74 Å². The van der Waals surface area contributed by atoms with Crippen LogP contribution in [0.1, 0.15) is 30.3 Å². The van der Waals surface area contributed by atoms with Gasteiger partial charge in [-0.15, -0.1) is 0 Å². The summed E-state index contributed by atoms with van der Waals surface area (Å²) in [6.45, 7) is 3.97. The fourth-order valence-electron chi connectivity index (χ4n) is 2.99. The molecule has 0 aliphatic carbocycles. The van der Waals surface area contributed by atoms with Gasteiger partial charge in [0.05, 0.1) is 13.0 Å². The Morgan fingerprint density at radius 1 is 1.06 bits per heavy atom. The van der Waals surface area contributed by atoms with Gasteiger partial charge in [-0.3, -0.25) is 9.78 Å². The number of carbonyl (C=O) groups is 1. The number of esters is 1. The Kier molecular flexibility index (Phi) is 6.84. The van der Waals surface area contributed by atoms with Crippen LogP contribution in [0, 0.1) is 6.92 Å². The van der Waals surface area contributed by atoms with E-state index in [1.807, 2.05) is 25.1 Å². The van der Waals surface area contributed by atoms with Gasteiger partial charge >= 0.3 is 12.1 Å². The van der Waals surface area contributed by atoms with Crippen molar-refractivity contribution in [2.24, 2.45) is 0 Å². The van der Waals surface area contributed by atoms with Gasteiger partial charge in [-0.1, -0.05) is 6.07 Å². The summed E-state index contributed by atoms with van der Waals surface area (Å²) in [7, 11) is 0. The molecule has 0 saturated carbocycles. The molecule has 2 aromatic heterocycles. The fourth-order valence-corrected chi connectivity index (χ4v) is 2.99. The Hall–Kier alpha value is -3.49. The zero-order chi connectivity index (χ0) is 22.4. The van der Waals surface area contributed by atoms with Gasteiger partial charge < -0.3 is 10.1 Å². The van der Waals surface area contributed by atoms with Crippen molar-refractivity contribution in [3.8, 4) is 11.1 Å². The van der Waals surface area contributed by atoms with Crippen molar-refractivity contribution < 1.29 is 22.7 Å². The minimum Gasteiger partial charge on any atom is -0.466 e. The summed E-state index contributed by atoms with van der Waals surface area (Å²) in [5.74, 6) is -0.422. The molecule has 0 saturated heterocycles. The molecule has 0 spiro atoms. The maximum absolute atomic E-state index is 12.9. The molecule has 3 aromatic rings. The number of aromatic nitrogens is 3. The highest BCUT2D eigenvalue weighted by Crippen LogP contribution is 2.29. The lowest BCUT2D eigenvalue weighted by Crippen LogP contribution is -2.10. The van der Waals surface area contributed by atoms with Gasteiger partial charge in [0.1, 0.15) is 5.69 Å². The number of nitrogens with one attached hydrogen (secondary N) is 1. The molecule has 0 unspecified atom stereocenters. The molecule has 0 amide bonds. The SMILES string of the molecule is CCOC(=O)CCc1cc(-c2cc(C)cc(Nc3nccc(C(F)(F)F)n3)c2)ccn1. The highest BCUT2D eigenvalue weighted by atomic mass is 19.4. The molecule has 9 heteroatoms. The molecule has 31 heavy (non-hydrogen) atoms. The van der Waals surface area contributed by atoms with Gasteiger partial charge in [0.15, 0.2) is 0 Å². The van der Waals surface area contributed by atoms with E-state index in [1.165, 1.54) is 0 Å². The van der Waals surface area contributed by atoms with E-state index in [9.17, 15) is 18.0 Å². The van der Waals surface area contributed by atoms with Gasteiger partial charge in [0, 0.05) is 30.2 Å². The summed E-state index contributed by atoms with van der Waals surface area (Å²) in [4.78, 5) is 23.3. The molecule has 0 aliphatic heterocycles. The number of hydrogen-bond donors (Lipinski definition) is 1. The number of nitrogens with zero attached hydrogens (tertiary/aromatic N) is 3. The van der Waals surface area contributed by atoms with Crippen molar-refractivity contribution in [1.29, 1.82) is 0 Å². The number of benzene rings is 1. The Morgan fingerprint density at radius 2 is 1.84 bits per heavy atom. The third-order valence-corrected chi connectivity index (χ3v) is 4.32. The van der Waals surface area contributed by atoms with Crippen LogP contribution in [0.4, 0.5) is 24.8 Å². The maximum atomic E-state index is 12.9. The summed E-state index contributed by atoms with van der Waals surface area (Å²) in [5, 5.41) is 2.84. The zero-order valence-electron chi connectivity index (χ0n) is 17.0. The topological polar surface area (TPSA) is 77.0 Å². The molecule has 3 rings (SSSR count). The normalized spacial score (nSPS) is 11.3. The Labute approximate surface area is 177 Å². The molecule has 0 fully saturated rings. The van der Waals surface area contributed by atoms with Crippen molar-refractivity contribution >= 4 is 17.6 Å². The number of rotatable bonds is 7. The fraction of sp³-hybridized carbons (Fsp3) is 0.273. The summed E-state index contributed by atoms with van der Waals surface area (Å²) < 4.78 is 43.6. The van der Waals surface area contributed by atoms with Crippen molar-refractivity contribution in [2.75, 3.05) is 11.9 Å². The second-order valence-electron chi connectivity index (χ2n) is 6.82. The molecule has 0 atom stereocenters. The van der Waals surface area contributed by atoms with E-state index in [0.29, 0.717) is 18.7 Å². The predicted molar refractivity (Wildman–Crippen MR) is 110 cm³/mol. The lowest BCUT2D eigenvalue weighted by Gasteiger charge is -2.11. The van der Waals surface area contributed by atoms with Crippen LogP contribution in [-0.4, -0.2) is 27.5 Å². The first-order valence-corrected chi connectivity index (χ1v) is 9.64. The Balaban J connectivity index is 1.82. The average Bonchev–Trinajstić information content (AvgIpc) is 2.72. The van der Waals surface area contributed by atoms with Gasteiger partial charge in [-0.05, 0) is 60.9 Å². The first-order chi connectivity index (χ1) is 14.7. The summed E-state index contributed by atoms with van der Waals surface area (Å²) in [6.07, 6.45) is -1.15. The van der Waals surface area contributed by atoms with Crippen LogP contribution in [0.3, 0.4) is 0 Å². The number of pyridine rings is 1. The Morgan fingerprint density at radius 3 is 2.58 bits per heavy atom. The highest BCUT2D eigenvalue weighted by molar-refractivity contribution is 5.72. The number of anilines is 2. The second-order valence-corrected chi connectivity index (χ2v) is 6.82. The first-order valence-electron chi connectivity index (χ1n) is 9.64. The van der Waals surface area contributed by atoms with Crippen LogP contribution in [-0.2, 0) is 22.1 Å². The number of ether oxygens (including phenoxy) is 1. The van der Waals surface area contributed by atoms with Crippen molar-refractivity contribution in [3.05, 3.63) is 65.7 Å². The van der Waals surface area contributed by atoms with Gasteiger partial charge in [-0.25, -0.2) is 9.97 Å². The first kappa shape index (κ1) is 22.2. The molecule has 0 radical (unpaired) electrons. The standard InChI is InChI=1S/C22H21F3N4O2/c1-3-31-20(30)5-4-17-12-15(6-8-26-17)16-10-14(2)11-18(13-16)28-21-27-9-7-19(29-21)22(23,24)25/h6-13H,3-5H2,1-2H3,(H,27,28,29). The number of hydrogen-bond acceptors (Lipinski definition) is 6. The quantitative estimate of drug-likeness (QED) is 0.525. The molecule has 2 heterocycles. The molecule has 0 aliphatic rings. The molecule has 6 nitrogen and oxygen atoms in total. The lowest BCUT2D eigenvalue weighted by atomic mass is 10.0. The zero-order valence-corrected chi connectivity index (χ0v) is 17.0. The van der Waals surface area contributed by atoms with Crippen molar-refractivity contribution in [3.63, 3.8) is 0 Å². The van der Waals surface area contributed by atoms with Crippen molar-refractivity contribution in [1.82, 2.24) is 15.0 Å². The van der Waals surface area contributed by atoms with Gasteiger partial charge in [-0.2, -0.15) is 13.2 Å². The minimum absolute atomic E-state index is 0.142. The van der Waals surface area contributed by atoms with Crippen molar-refractivity contribution in [2.45, 2.75) is 32.9 Å². The molecular weight excluding hydrogens is 409 g/mol. The second kappa shape index (κ2) is 9.55. The Bertz CT molecular complexity index is 1070. The van der Waals surface area contributed by atoms with Gasteiger partial charge in [0.2, 0.25) is 5.95 Å². The number of carbonyl (C=O) groups excluding carboxylic acids is 1. The lowest BCUT2D eigenvalue weighted by molar-refractivity contribution is -0.143. The average molecular weight is 430 g/mol. The summed E-state index contributed by atoms with van der Waals surface area (Å²) in [5.41, 5.74) is 2.89. The number of aryl methyl sites for hydroxylation is 2. The highest BCUT2D eigenvalue weighted by Gasteiger charge is 2.32. The predicted octanol–water partition coefficient (Wildman–Crippen LogP) is 5.11.